The Morgan fingerprint density at radius 1 is 1.22 bits per heavy atom. The summed E-state index contributed by atoms with van der Waals surface area (Å²) in [6.45, 7) is 1.67. The van der Waals surface area contributed by atoms with E-state index in [9.17, 15) is 9.18 Å². The van der Waals surface area contributed by atoms with Crippen molar-refractivity contribution in [2.45, 2.75) is 12.8 Å². The zero-order chi connectivity index (χ0) is 25.9. The number of hydrogen-bond donors (Lipinski definition) is 2. The van der Waals surface area contributed by atoms with Gasteiger partial charge in [-0.2, -0.15) is 0 Å². The van der Waals surface area contributed by atoms with E-state index in [1.165, 1.54) is 7.11 Å². The first kappa shape index (κ1) is 24.8. The molecule has 192 valence electrons. The fraction of sp³-hybridized carbons (Fsp3) is 0.308. The summed E-state index contributed by atoms with van der Waals surface area (Å²) in [5.74, 6) is 1.05. The lowest BCUT2D eigenvalue weighted by Crippen LogP contribution is -2.41. The fourth-order valence-corrected chi connectivity index (χ4v) is 4.75. The van der Waals surface area contributed by atoms with Crippen LogP contribution in [0.4, 0.5) is 10.2 Å². The van der Waals surface area contributed by atoms with Gasteiger partial charge in [-0.15, -0.1) is 0 Å². The molecule has 5 rings (SSSR count). The van der Waals surface area contributed by atoms with Gasteiger partial charge < -0.3 is 24.7 Å². The molecule has 0 bridgehead atoms. The van der Waals surface area contributed by atoms with Crippen molar-refractivity contribution >= 4 is 34.4 Å². The molecule has 0 saturated carbocycles. The Kier molecular flexibility index (Phi) is 7.09. The van der Waals surface area contributed by atoms with Crippen LogP contribution in [0, 0.1) is 11.7 Å². The van der Waals surface area contributed by atoms with Crippen LogP contribution < -0.4 is 14.8 Å². The van der Waals surface area contributed by atoms with Gasteiger partial charge in [0.25, 0.3) is 5.91 Å². The molecular weight excluding hydrogens is 499 g/mol. The monoisotopic (exact) mass is 524 g/mol. The van der Waals surface area contributed by atoms with E-state index in [0.29, 0.717) is 58.8 Å². The third-order valence-electron chi connectivity index (χ3n) is 6.48. The lowest BCUT2D eigenvalue weighted by atomic mass is 9.97. The summed E-state index contributed by atoms with van der Waals surface area (Å²) in [6, 6.07) is 6.91. The van der Waals surface area contributed by atoms with Gasteiger partial charge in [-0.25, -0.2) is 19.3 Å². The molecule has 1 atom stereocenters. The van der Waals surface area contributed by atoms with Crippen molar-refractivity contribution in [3.05, 3.63) is 59.3 Å². The maximum absolute atomic E-state index is 14.6. The number of halogens is 2. The van der Waals surface area contributed by atoms with Crippen LogP contribution in [0.3, 0.4) is 0 Å². The van der Waals surface area contributed by atoms with E-state index in [4.69, 9.17) is 21.1 Å². The molecule has 0 radical (unpaired) electrons. The van der Waals surface area contributed by atoms with Crippen molar-refractivity contribution in [2.75, 3.05) is 39.2 Å². The van der Waals surface area contributed by atoms with Gasteiger partial charge in [0, 0.05) is 48.5 Å². The zero-order valence-electron chi connectivity index (χ0n) is 20.4. The number of hydrogen-bond acceptors (Lipinski definition) is 7. The molecule has 1 saturated heterocycles. The van der Waals surface area contributed by atoms with E-state index < -0.39 is 5.82 Å². The first-order valence-electron chi connectivity index (χ1n) is 11.9. The van der Waals surface area contributed by atoms with Crippen LogP contribution in [0.5, 0.6) is 11.5 Å². The summed E-state index contributed by atoms with van der Waals surface area (Å²) < 4.78 is 25.2. The number of pyridine rings is 1. The van der Waals surface area contributed by atoms with Crippen molar-refractivity contribution in [1.29, 1.82) is 0 Å². The number of H-pyrrole nitrogens is 1. The summed E-state index contributed by atoms with van der Waals surface area (Å²) >= 11 is 6.10. The third kappa shape index (κ3) is 5.15. The molecule has 9 nitrogen and oxygen atoms in total. The highest BCUT2D eigenvalue weighted by Gasteiger charge is 2.26. The number of carbonyl (C=O) groups excluding carboxylic acids is 1. The van der Waals surface area contributed by atoms with Crippen molar-refractivity contribution in [3.63, 3.8) is 0 Å². The summed E-state index contributed by atoms with van der Waals surface area (Å²) in [7, 11) is 3.09. The van der Waals surface area contributed by atoms with E-state index in [2.05, 4.69) is 25.3 Å². The van der Waals surface area contributed by atoms with E-state index in [-0.39, 0.29) is 17.6 Å². The molecule has 1 aromatic carbocycles. The maximum Gasteiger partial charge on any atom is 0.254 e. The number of likely N-dealkylation sites (tertiary alicyclic amines) is 1. The zero-order valence-corrected chi connectivity index (χ0v) is 21.2. The Morgan fingerprint density at radius 2 is 2.05 bits per heavy atom. The lowest BCUT2D eigenvalue weighted by molar-refractivity contribution is 0.0679. The van der Waals surface area contributed by atoms with E-state index in [0.717, 1.165) is 24.4 Å². The first-order valence-corrected chi connectivity index (χ1v) is 12.3. The summed E-state index contributed by atoms with van der Waals surface area (Å²) in [5.41, 5.74) is 1.85. The minimum Gasteiger partial charge on any atom is -0.493 e. The second-order valence-corrected chi connectivity index (χ2v) is 9.29. The predicted molar refractivity (Wildman–Crippen MR) is 139 cm³/mol. The van der Waals surface area contributed by atoms with E-state index >= 15 is 0 Å². The molecule has 1 aliphatic rings. The number of aromatic nitrogens is 4. The Labute approximate surface area is 218 Å². The lowest BCUT2D eigenvalue weighted by Gasteiger charge is -2.33. The van der Waals surface area contributed by atoms with Crippen LogP contribution in [0.15, 0.2) is 42.9 Å². The average Bonchev–Trinajstić information content (AvgIpc) is 3.35. The van der Waals surface area contributed by atoms with E-state index in [1.807, 2.05) is 4.90 Å². The number of ether oxygens (including phenoxy) is 2. The number of anilines is 1. The van der Waals surface area contributed by atoms with Gasteiger partial charge in [0.1, 0.15) is 5.65 Å². The Hall–Kier alpha value is -3.92. The number of aromatic amines is 1. The van der Waals surface area contributed by atoms with Gasteiger partial charge in [-0.05, 0) is 43.0 Å². The molecule has 11 heteroatoms. The quantitative estimate of drug-likeness (QED) is 0.358. The molecular formula is C26H26ClFN6O3. The highest BCUT2D eigenvalue weighted by atomic mass is 35.5. The van der Waals surface area contributed by atoms with Crippen LogP contribution in [0.25, 0.3) is 22.4 Å². The molecule has 4 heterocycles. The van der Waals surface area contributed by atoms with Crippen molar-refractivity contribution in [3.8, 4) is 22.9 Å². The number of fused-ring (bicyclic) bond motifs is 1. The SMILES string of the molecule is COc1ccc(C(=O)N2CCCC(CNc3nc(-c4c[nH]c5ncc(Cl)cc45)ncc3F)C2)cc1OC. The summed E-state index contributed by atoms with van der Waals surface area (Å²) in [5, 5.41) is 4.36. The molecule has 0 aliphatic carbocycles. The first-order chi connectivity index (χ1) is 18.0. The highest BCUT2D eigenvalue weighted by Crippen LogP contribution is 2.30. The summed E-state index contributed by atoms with van der Waals surface area (Å²) in [4.78, 5) is 30.9. The van der Waals surface area contributed by atoms with E-state index in [1.54, 1.807) is 43.8 Å². The number of piperidine rings is 1. The number of methoxy groups -OCH3 is 2. The molecule has 4 aromatic rings. The molecule has 1 aliphatic heterocycles. The molecule has 1 fully saturated rings. The molecule has 0 spiro atoms. The van der Waals surface area contributed by atoms with Crippen LogP contribution in [-0.4, -0.2) is 64.6 Å². The predicted octanol–water partition coefficient (Wildman–Crippen LogP) is 4.79. The largest absolute Gasteiger partial charge is 0.493 e. The molecule has 3 aromatic heterocycles. The van der Waals surface area contributed by atoms with Crippen LogP contribution in [-0.2, 0) is 0 Å². The van der Waals surface area contributed by atoms with Crippen LogP contribution in [0.1, 0.15) is 23.2 Å². The number of amides is 1. The molecule has 37 heavy (non-hydrogen) atoms. The molecule has 1 unspecified atom stereocenters. The maximum atomic E-state index is 14.6. The highest BCUT2D eigenvalue weighted by molar-refractivity contribution is 6.31. The Morgan fingerprint density at radius 3 is 2.86 bits per heavy atom. The number of benzene rings is 1. The normalized spacial score (nSPS) is 15.6. The van der Waals surface area contributed by atoms with Crippen LogP contribution in [0.2, 0.25) is 5.02 Å². The summed E-state index contributed by atoms with van der Waals surface area (Å²) in [6.07, 6.45) is 6.19. The number of nitrogens with one attached hydrogen (secondary N) is 2. The number of rotatable bonds is 7. The Balaban J connectivity index is 1.28. The van der Waals surface area contributed by atoms with Gasteiger partial charge in [-0.3, -0.25) is 4.79 Å². The van der Waals surface area contributed by atoms with Crippen molar-refractivity contribution in [2.24, 2.45) is 5.92 Å². The fourth-order valence-electron chi connectivity index (χ4n) is 4.59. The van der Waals surface area contributed by atoms with Gasteiger partial charge in [-0.1, -0.05) is 11.6 Å². The van der Waals surface area contributed by atoms with Gasteiger partial charge >= 0.3 is 0 Å². The van der Waals surface area contributed by atoms with Gasteiger partial charge in [0.05, 0.1) is 25.4 Å². The second-order valence-electron chi connectivity index (χ2n) is 8.85. The molecule has 1 amide bonds. The smallest absolute Gasteiger partial charge is 0.254 e. The third-order valence-corrected chi connectivity index (χ3v) is 6.68. The van der Waals surface area contributed by atoms with Crippen molar-refractivity contribution in [1.82, 2.24) is 24.8 Å². The standard InChI is InChI=1S/C26H26ClFN6O3/c1-36-21-6-5-16(8-22(21)37-2)26(35)34-7-3-4-15(14-34)10-29-25-20(28)13-32-24(33-25)19-12-31-23-18(19)9-17(27)11-30-23/h5-6,8-9,11-13,15H,3-4,7,10,14H2,1-2H3,(H,30,31)(H,29,32,33). The van der Waals surface area contributed by atoms with Gasteiger partial charge in [0.15, 0.2) is 29.0 Å². The number of nitrogens with zero attached hydrogens (tertiary/aromatic N) is 4. The van der Waals surface area contributed by atoms with Gasteiger partial charge in [0.2, 0.25) is 0 Å². The topological polar surface area (TPSA) is 105 Å². The molecule has 2 N–H and O–H groups in total. The average molecular weight is 525 g/mol. The Bertz CT molecular complexity index is 1450. The minimum absolute atomic E-state index is 0.0761. The van der Waals surface area contributed by atoms with Crippen LogP contribution >= 0.6 is 11.6 Å². The minimum atomic E-state index is -0.547. The second kappa shape index (κ2) is 10.6. The van der Waals surface area contributed by atoms with Crippen molar-refractivity contribution < 1.29 is 18.7 Å². The number of carbonyl (C=O) groups is 1.